The largest absolute Gasteiger partial charge is 0.494 e. The molecule has 0 bridgehead atoms. The molecule has 1 aromatic rings. The molecule has 0 atom stereocenters. The lowest BCUT2D eigenvalue weighted by Crippen LogP contribution is -2.41. The predicted molar refractivity (Wildman–Crippen MR) is 103 cm³/mol. The van der Waals surface area contributed by atoms with Gasteiger partial charge in [-0.05, 0) is 65.6 Å². The van der Waals surface area contributed by atoms with Crippen LogP contribution in [0.3, 0.4) is 0 Å². The second kappa shape index (κ2) is 6.36. The number of nitrogens with zero attached hydrogens (tertiary/aromatic N) is 1. The minimum absolute atomic E-state index is 0.0517. The average molecular weight is 359 g/mol. The van der Waals surface area contributed by atoms with E-state index in [9.17, 15) is 4.79 Å². The van der Waals surface area contributed by atoms with E-state index in [-0.39, 0.29) is 11.5 Å². The van der Waals surface area contributed by atoms with Gasteiger partial charge in [0.25, 0.3) is 5.91 Å². The van der Waals surface area contributed by atoms with Crippen LogP contribution in [0.15, 0.2) is 18.2 Å². The summed E-state index contributed by atoms with van der Waals surface area (Å²) in [5, 5.41) is 0. The molecule has 0 aromatic heterocycles. The molecule has 0 unspecified atom stereocenters. The van der Waals surface area contributed by atoms with Crippen molar-refractivity contribution in [3.05, 3.63) is 29.3 Å². The van der Waals surface area contributed by atoms with Crippen molar-refractivity contribution in [3.63, 3.8) is 0 Å². The maximum Gasteiger partial charge on any atom is 0.494 e. The number of rotatable bonds is 4. The summed E-state index contributed by atoms with van der Waals surface area (Å²) in [6, 6.07) is 5.94. The van der Waals surface area contributed by atoms with Crippen molar-refractivity contribution in [1.29, 1.82) is 0 Å². The lowest BCUT2D eigenvalue weighted by molar-refractivity contribution is -0.0116. The Labute approximate surface area is 157 Å². The Morgan fingerprint density at radius 1 is 1.15 bits per heavy atom. The number of ether oxygens (including phenoxy) is 1. The van der Waals surface area contributed by atoms with E-state index < -0.39 is 18.3 Å². The molecule has 1 amide bonds. The summed E-state index contributed by atoms with van der Waals surface area (Å²) in [5.41, 5.74) is 1.70. The Balaban J connectivity index is 1.71. The Morgan fingerprint density at radius 3 is 2.35 bits per heavy atom. The van der Waals surface area contributed by atoms with Crippen LogP contribution in [0, 0.1) is 0 Å². The number of benzene rings is 1. The van der Waals surface area contributed by atoms with Crippen molar-refractivity contribution in [1.82, 2.24) is 4.90 Å². The van der Waals surface area contributed by atoms with Gasteiger partial charge in [0.05, 0.1) is 23.4 Å². The first kappa shape index (κ1) is 19.4. The third-order valence-electron chi connectivity index (χ3n) is 5.43. The highest BCUT2D eigenvalue weighted by molar-refractivity contribution is 6.62. The molecule has 5 nitrogen and oxygen atoms in total. The van der Waals surface area contributed by atoms with Gasteiger partial charge in [0.2, 0.25) is 0 Å². The van der Waals surface area contributed by atoms with Crippen LogP contribution in [0.2, 0.25) is 0 Å². The molecule has 2 aliphatic rings. The monoisotopic (exact) mass is 359 g/mol. The number of carbonyl (C=O) groups excluding carboxylic acids is 1. The topological polar surface area (TPSA) is 48.0 Å². The van der Waals surface area contributed by atoms with E-state index in [1.807, 2.05) is 71.6 Å². The number of amides is 1. The van der Waals surface area contributed by atoms with E-state index in [4.69, 9.17) is 14.0 Å². The van der Waals surface area contributed by atoms with Crippen LogP contribution < -0.4 is 5.46 Å². The summed E-state index contributed by atoms with van der Waals surface area (Å²) in [4.78, 5) is 14.6. The molecule has 6 heteroatoms. The van der Waals surface area contributed by atoms with Gasteiger partial charge in [-0.3, -0.25) is 4.79 Å². The fourth-order valence-electron chi connectivity index (χ4n) is 3.15. The molecule has 0 radical (unpaired) electrons. The van der Waals surface area contributed by atoms with Crippen LogP contribution in [0.4, 0.5) is 0 Å². The number of hydrogen-bond donors (Lipinski definition) is 0. The lowest BCUT2D eigenvalue weighted by Gasteiger charge is -2.32. The van der Waals surface area contributed by atoms with Crippen molar-refractivity contribution in [2.75, 3.05) is 13.2 Å². The maximum atomic E-state index is 12.8. The summed E-state index contributed by atoms with van der Waals surface area (Å²) >= 11 is 0. The van der Waals surface area contributed by atoms with Crippen LogP contribution in [-0.4, -0.2) is 47.9 Å². The molecule has 26 heavy (non-hydrogen) atoms. The molecule has 2 aliphatic heterocycles. The molecule has 3 rings (SSSR count). The number of hydrogen-bond acceptors (Lipinski definition) is 4. The molecule has 1 fully saturated rings. The van der Waals surface area contributed by atoms with Gasteiger partial charge in [0.15, 0.2) is 0 Å². The Hall–Kier alpha value is -1.37. The summed E-state index contributed by atoms with van der Waals surface area (Å²) in [7, 11) is -0.448. The van der Waals surface area contributed by atoms with Crippen molar-refractivity contribution in [3.8, 4) is 0 Å². The van der Waals surface area contributed by atoms with Gasteiger partial charge in [-0.25, -0.2) is 0 Å². The standard InChI is InChI=1S/C20H30BNO4/c1-18(2,3)24-11-10-22-13-14-8-9-15(12-16(14)17(22)23)21-25-19(4,5)20(6,7)26-21/h8-9,12H,10-11,13H2,1-7H3. The summed E-state index contributed by atoms with van der Waals surface area (Å²) in [6.45, 7) is 15.9. The molecule has 0 N–H and O–H groups in total. The quantitative estimate of drug-likeness (QED) is 0.776. The molecule has 0 aliphatic carbocycles. The first-order valence-electron chi connectivity index (χ1n) is 9.31. The maximum absolute atomic E-state index is 12.8. The minimum Gasteiger partial charge on any atom is -0.399 e. The molecule has 1 saturated heterocycles. The van der Waals surface area contributed by atoms with Gasteiger partial charge in [-0.15, -0.1) is 0 Å². The zero-order valence-corrected chi connectivity index (χ0v) is 17.0. The fourth-order valence-corrected chi connectivity index (χ4v) is 3.15. The average Bonchev–Trinajstić information content (AvgIpc) is 2.92. The Bertz CT molecular complexity index is 692. The summed E-state index contributed by atoms with van der Waals surface area (Å²) < 4.78 is 18.0. The van der Waals surface area contributed by atoms with Gasteiger partial charge in [0, 0.05) is 18.7 Å². The van der Waals surface area contributed by atoms with Crippen molar-refractivity contribution in [2.24, 2.45) is 0 Å². The first-order chi connectivity index (χ1) is 11.9. The molecule has 1 aromatic carbocycles. The van der Waals surface area contributed by atoms with Gasteiger partial charge in [-0.1, -0.05) is 12.1 Å². The molecular formula is C20H30BNO4. The lowest BCUT2D eigenvalue weighted by atomic mass is 9.78. The number of fused-ring (bicyclic) bond motifs is 1. The molecule has 0 saturated carbocycles. The second-order valence-corrected chi connectivity index (χ2v) is 9.19. The minimum atomic E-state index is -0.448. The van der Waals surface area contributed by atoms with Crippen LogP contribution in [0.1, 0.15) is 64.4 Å². The van der Waals surface area contributed by atoms with Crippen molar-refractivity contribution < 1.29 is 18.8 Å². The van der Waals surface area contributed by atoms with Crippen LogP contribution >= 0.6 is 0 Å². The zero-order chi connectivity index (χ0) is 19.3. The normalized spacial score (nSPS) is 21.4. The van der Waals surface area contributed by atoms with Crippen LogP contribution in [0.25, 0.3) is 0 Å². The highest BCUT2D eigenvalue weighted by atomic mass is 16.7. The van der Waals surface area contributed by atoms with E-state index in [0.29, 0.717) is 19.7 Å². The first-order valence-corrected chi connectivity index (χ1v) is 9.31. The van der Waals surface area contributed by atoms with E-state index in [0.717, 1.165) is 16.6 Å². The van der Waals surface area contributed by atoms with Crippen LogP contribution in [0.5, 0.6) is 0 Å². The summed E-state index contributed by atoms with van der Waals surface area (Å²) in [6.07, 6.45) is 0. The smallest absolute Gasteiger partial charge is 0.399 e. The highest BCUT2D eigenvalue weighted by Gasteiger charge is 2.52. The third-order valence-corrected chi connectivity index (χ3v) is 5.43. The third kappa shape index (κ3) is 3.68. The molecule has 142 valence electrons. The number of carbonyl (C=O) groups is 1. The van der Waals surface area contributed by atoms with E-state index >= 15 is 0 Å². The van der Waals surface area contributed by atoms with Crippen molar-refractivity contribution >= 4 is 18.5 Å². The zero-order valence-electron chi connectivity index (χ0n) is 17.0. The van der Waals surface area contributed by atoms with Gasteiger partial charge < -0.3 is 18.9 Å². The highest BCUT2D eigenvalue weighted by Crippen LogP contribution is 2.36. The van der Waals surface area contributed by atoms with E-state index in [1.165, 1.54) is 0 Å². The molecule has 0 spiro atoms. The second-order valence-electron chi connectivity index (χ2n) is 9.19. The van der Waals surface area contributed by atoms with Crippen LogP contribution in [-0.2, 0) is 20.6 Å². The van der Waals surface area contributed by atoms with E-state index in [2.05, 4.69) is 0 Å². The van der Waals surface area contributed by atoms with Gasteiger partial charge >= 0.3 is 7.12 Å². The Kier molecular flexibility index (Phi) is 4.74. The molecular weight excluding hydrogens is 329 g/mol. The van der Waals surface area contributed by atoms with Gasteiger partial charge in [-0.2, -0.15) is 0 Å². The predicted octanol–water partition coefficient (Wildman–Crippen LogP) is 2.76. The summed E-state index contributed by atoms with van der Waals surface area (Å²) in [5.74, 6) is 0.0517. The SMILES string of the molecule is CC(C)(C)OCCN1Cc2ccc(B3OC(C)(C)C(C)(C)O3)cc2C1=O. The Morgan fingerprint density at radius 2 is 1.77 bits per heavy atom. The van der Waals surface area contributed by atoms with Gasteiger partial charge in [0.1, 0.15) is 0 Å². The fraction of sp³-hybridized carbons (Fsp3) is 0.650. The van der Waals surface area contributed by atoms with Crippen molar-refractivity contribution in [2.45, 2.75) is 71.8 Å². The van der Waals surface area contributed by atoms with E-state index in [1.54, 1.807) is 0 Å². The molecule has 2 heterocycles.